The first kappa shape index (κ1) is 29.0. The van der Waals surface area contributed by atoms with Crippen molar-refractivity contribution in [1.82, 2.24) is 0 Å². The van der Waals surface area contributed by atoms with Crippen molar-refractivity contribution in [1.29, 1.82) is 0 Å². The monoisotopic (exact) mass is 585 g/mol. The van der Waals surface area contributed by atoms with Crippen molar-refractivity contribution >= 4 is 22.1 Å². The van der Waals surface area contributed by atoms with Crippen LogP contribution in [0.15, 0.2) is 108 Å². The average molecular weight is 586 g/mol. The highest BCUT2D eigenvalue weighted by Gasteiger charge is 2.35. The fraction of sp³-hybridized carbons (Fsp3) is 0.212. The van der Waals surface area contributed by atoms with E-state index in [4.69, 9.17) is 19.4 Å². The number of nitrogens with two attached hydrogens (primary N) is 1. The maximum atomic E-state index is 13.7. The maximum absolute atomic E-state index is 13.7. The largest absolute Gasteiger partial charge is 0.469 e. The van der Waals surface area contributed by atoms with Gasteiger partial charge in [-0.1, -0.05) is 78.9 Å². The molecular formula is C33H31NO7S. The molecule has 0 saturated heterocycles. The number of fused-ring (bicyclic) bond motifs is 3. The number of rotatable bonds is 11. The highest BCUT2D eigenvalue weighted by molar-refractivity contribution is 7.87. The van der Waals surface area contributed by atoms with Gasteiger partial charge in [-0.25, -0.2) is 0 Å². The minimum absolute atomic E-state index is 0.0185. The number of carbonyl (C=O) groups excluding carboxylic acids is 2. The summed E-state index contributed by atoms with van der Waals surface area (Å²) in [6.07, 6.45) is -0.0947. The third-order valence-electron chi connectivity index (χ3n) is 7.52. The van der Waals surface area contributed by atoms with Crippen LogP contribution in [0.5, 0.6) is 5.75 Å². The molecular weight excluding hydrogens is 554 g/mol. The van der Waals surface area contributed by atoms with E-state index in [1.165, 1.54) is 31.4 Å². The number of benzene rings is 4. The molecule has 0 spiro atoms. The summed E-state index contributed by atoms with van der Waals surface area (Å²) in [7, 11) is -2.77. The maximum Gasteiger partial charge on any atom is 0.339 e. The van der Waals surface area contributed by atoms with E-state index in [1.54, 1.807) is 30.3 Å². The van der Waals surface area contributed by atoms with E-state index < -0.39 is 33.9 Å². The molecule has 0 aliphatic heterocycles. The molecule has 0 amide bonds. The second-order valence-corrected chi connectivity index (χ2v) is 11.6. The molecule has 42 heavy (non-hydrogen) atoms. The first-order chi connectivity index (χ1) is 20.3. The molecule has 2 N–H and O–H groups in total. The molecule has 0 radical (unpaired) electrons. The van der Waals surface area contributed by atoms with Crippen LogP contribution >= 0.6 is 0 Å². The second-order valence-electron chi connectivity index (χ2n) is 10.0. The Morgan fingerprint density at radius 1 is 0.810 bits per heavy atom. The molecule has 9 heteroatoms. The Balaban J connectivity index is 1.39. The number of esters is 2. The van der Waals surface area contributed by atoms with Crippen LogP contribution in [0, 0.1) is 5.92 Å². The van der Waals surface area contributed by atoms with Gasteiger partial charge in [-0.3, -0.25) is 9.59 Å². The average Bonchev–Trinajstić information content (AvgIpc) is 3.34. The third-order valence-corrected chi connectivity index (χ3v) is 8.78. The second kappa shape index (κ2) is 12.6. The van der Waals surface area contributed by atoms with Gasteiger partial charge < -0.3 is 19.4 Å². The standard InChI is InChI=1S/C33H31NO7S/c1-39-31(35)19-23(20-34)32(22-15-17-24(18-16-22)41-42(37,38)25-9-3-2-4-10-25)33(36)40-21-30-28-13-7-5-11-26(28)27-12-6-8-14-29(27)30/h2-18,23,30,32H,19-21,34H2,1H3. The van der Waals surface area contributed by atoms with Crippen molar-refractivity contribution < 1.29 is 31.7 Å². The molecule has 0 heterocycles. The van der Waals surface area contributed by atoms with Crippen LogP contribution in [0.3, 0.4) is 0 Å². The lowest BCUT2D eigenvalue weighted by Gasteiger charge is -2.25. The summed E-state index contributed by atoms with van der Waals surface area (Å²) in [5.41, 5.74) is 10.9. The normalized spacial score (nSPS) is 13.9. The van der Waals surface area contributed by atoms with Crippen LogP contribution in [-0.4, -0.2) is 40.6 Å². The smallest absolute Gasteiger partial charge is 0.339 e. The lowest BCUT2D eigenvalue weighted by atomic mass is 9.83. The zero-order valence-electron chi connectivity index (χ0n) is 23.0. The van der Waals surface area contributed by atoms with Crippen molar-refractivity contribution in [2.45, 2.75) is 23.2 Å². The Kier molecular flexibility index (Phi) is 8.70. The number of methoxy groups -OCH3 is 1. The van der Waals surface area contributed by atoms with Crippen LogP contribution in [0.4, 0.5) is 0 Å². The zero-order valence-corrected chi connectivity index (χ0v) is 23.8. The van der Waals surface area contributed by atoms with Gasteiger partial charge in [0.2, 0.25) is 0 Å². The molecule has 0 aromatic heterocycles. The number of hydrogen-bond donors (Lipinski definition) is 1. The Bertz CT molecular complexity index is 1620. The van der Waals surface area contributed by atoms with Gasteiger partial charge in [0.25, 0.3) is 0 Å². The highest BCUT2D eigenvalue weighted by Crippen LogP contribution is 2.45. The Labute approximate surface area is 245 Å². The van der Waals surface area contributed by atoms with Crippen LogP contribution in [0.2, 0.25) is 0 Å². The van der Waals surface area contributed by atoms with Crippen molar-refractivity contribution in [3.05, 3.63) is 120 Å². The molecule has 1 aliphatic rings. The zero-order chi connectivity index (χ0) is 29.7. The van der Waals surface area contributed by atoms with Crippen LogP contribution in [-0.2, 0) is 29.2 Å². The molecule has 216 valence electrons. The third kappa shape index (κ3) is 6.07. The summed E-state index contributed by atoms with van der Waals surface area (Å²) in [5, 5.41) is 0. The Morgan fingerprint density at radius 2 is 1.38 bits per heavy atom. The van der Waals surface area contributed by atoms with E-state index in [-0.39, 0.29) is 36.1 Å². The first-order valence-electron chi connectivity index (χ1n) is 13.5. The predicted octanol–water partition coefficient (Wildman–Crippen LogP) is 5.03. The molecule has 1 aliphatic carbocycles. The topological polar surface area (TPSA) is 122 Å². The van der Waals surface area contributed by atoms with Gasteiger partial charge in [0.15, 0.2) is 0 Å². The van der Waals surface area contributed by atoms with Crippen molar-refractivity contribution in [3.8, 4) is 16.9 Å². The van der Waals surface area contributed by atoms with Gasteiger partial charge in [-0.15, -0.1) is 0 Å². The molecule has 5 rings (SSSR count). The SMILES string of the molecule is COC(=O)CC(CN)C(C(=O)OCC1c2ccccc2-c2ccccc21)c1ccc(OS(=O)(=O)c2ccccc2)cc1. The summed E-state index contributed by atoms with van der Waals surface area (Å²) in [6.45, 7) is 0.125. The summed E-state index contributed by atoms with van der Waals surface area (Å²) in [4.78, 5) is 26.0. The van der Waals surface area contributed by atoms with Gasteiger partial charge in [0, 0.05) is 5.92 Å². The molecule has 4 aromatic rings. The number of hydrogen-bond acceptors (Lipinski definition) is 8. The van der Waals surface area contributed by atoms with Crippen LogP contribution in [0.25, 0.3) is 11.1 Å². The van der Waals surface area contributed by atoms with E-state index in [2.05, 4.69) is 12.1 Å². The first-order valence-corrected chi connectivity index (χ1v) is 14.9. The predicted molar refractivity (Wildman–Crippen MR) is 157 cm³/mol. The lowest BCUT2D eigenvalue weighted by Crippen LogP contribution is -2.32. The van der Waals surface area contributed by atoms with Crippen molar-refractivity contribution in [2.24, 2.45) is 11.7 Å². The molecule has 4 aromatic carbocycles. The number of ether oxygens (including phenoxy) is 2. The molecule has 2 atom stereocenters. The van der Waals surface area contributed by atoms with Gasteiger partial charge in [0.05, 0.1) is 19.4 Å². The summed E-state index contributed by atoms with van der Waals surface area (Å²) in [6, 6.07) is 30.0. The summed E-state index contributed by atoms with van der Waals surface area (Å²) < 4.78 is 41.4. The summed E-state index contributed by atoms with van der Waals surface area (Å²) in [5.74, 6) is -2.63. The van der Waals surface area contributed by atoms with Gasteiger partial charge in [0.1, 0.15) is 17.3 Å². The van der Waals surface area contributed by atoms with Gasteiger partial charge >= 0.3 is 22.1 Å². The Morgan fingerprint density at radius 3 is 1.95 bits per heavy atom. The molecule has 8 nitrogen and oxygen atoms in total. The van der Waals surface area contributed by atoms with E-state index >= 15 is 0 Å². The molecule has 0 fully saturated rings. The molecule has 2 unspecified atom stereocenters. The van der Waals surface area contributed by atoms with Crippen molar-refractivity contribution in [3.63, 3.8) is 0 Å². The quantitative estimate of drug-likeness (QED) is 0.192. The Hall–Kier alpha value is -4.47. The van der Waals surface area contributed by atoms with E-state index in [9.17, 15) is 18.0 Å². The minimum Gasteiger partial charge on any atom is -0.469 e. The highest BCUT2D eigenvalue weighted by atomic mass is 32.2. The van der Waals surface area contributed by atoms with E-state index in [1.807, 2.05) is 36.4 Å². The number of carbonyl (C=O) groups is 2. The van der Waals surface area contributed by atoms with Gasteiger partial charge in [-0.2, -0.15) is 8.42 Å². The molecule has 0 saturated carbocycles. The van der Waals surface area contributed by atoms with E-state index in [0.717, 1.165) is 22.3 Å². The van der Waals surface area contributed by atoms with Crippen molar-refractivity contribution in [2.75, 3.05) is 20.3 Å². The van der Waals surface area contributed by atoms with Gasteiger partial charge in [-0.05, 0) is 64.5 Å². The van der Waals surface area contributed by atoms with E-state index in [0.29, 0.717) is 5.56 Å². The fourth-order valence-corrected chi connectivity index (χ4v) is 6.37. The van der Waals surface area contributed by atoms with Crippen LogP contribution in [0.1, 0.15) is 34.9 Å². The lowest BCUT2D eigenvalue weighted by molar-refractivity contribution is -0.148. The minimum atomic E-state index is -4.04. The van der Waals surface area contributed by atoms with Crippen LogP contribution < -0.4 is 9.92 Å². The summed E-state index contributed by atoms with van der Waals surface area (Å²) >= 11 is 0. The molecule has 0 bridgehead atoms. The fourth-order valence-electron chi connectivity index (χ4n) is 5.42.